The number of carboxylic acids is 1. The standard InChI is InChI=1S/C15H21NO3S/c1-2-6-13(9-15(18)19)16-14(17)11-20-10-12-7-4-3-5-8-12/h3-5,7-8,13H,2,6,9-11H2,1H3,(H,16,17)(H,18,19). The molecule has 20 heavy (non-hydrogen) atoms. The largest absolute Gasteiger partial charge is 0.481 e. The molecule has 1 aromatic rings. The molecular formula is C15H21NO3S. The van der Waals surface area contributed by atoms with Crippen LogP contribution in [0, 0.1) is 0 Å². The van der Waals surface area contributed by atoms with Crippen LogP contribution in [-0.2, 0) is 15.3 Å². The van der Waals surface area contributed by atoms with E-state index >= 15 is 0 Å². The second-order valence-electron chi connectivity index (χ2n) is 4.63. The van der Waals surface area contributed by atoms with Crippen molar-refractivity contribution in [2.75, 3.05) is 5.75 Å². The van der Waals surface area contributed by atoms with E-state index in [1.54, 1.807) is 0 Å². The third-order valence-electron chi connectivity index (χ3n) is 2.77. The number of aliphatic carboxylic acids is 1. The molecule has 5 heteroatoms. The van der Waals surface area contributed by atoms with E-state index in [0.29, 0.717) is 12.2 Å². The minimum absolute atomic E-state index is 0.0110. The fraction of sp³-hybridized carbons (Fsp3) is 0.467. The van der Waals surface area contributed by atoms with Gasteiger partial charge in [-0.2, -0.15) is 0 Å². The van der Waals surface area contributed by atoms with Gasteiger partial charge in [-0.3, -0.25) is 9.59 Å². The topological polar surface area (TPSA) is 66.4 Å². The number of benzene rings is 1. The smallest absolute Gasteiger partial charge is 0.305 e. The number of carbonyl (C=O) groups is 2. The van der Waals surface area contributed by atoms with Gasteiger partial charge in [0.15, 0.2) is 0 Å². The molecule has 0 bridgehead atoms. The summed E-state index contributed by atoms with van der Waals surface area (Å²) in [5.41, 5.74) is 1.18. The summed E-state index contributed by atoms with van der Waals surface area (Å²) >= 11 is 1.53. The Morgan fingerprint density at radius 2 is 2.00 bits per heavy atom. The Hall–Kier alpha value is -1.49. The van der Waals surface area contributed by atoms with E-state index in [1.165, 1.54) is 17.3 Å². The molecule has 1 aromatic carbocycles. The second-order valence-corrected chi connectivity index (χ2v) is 5.61. The predicted octanol–water partition coefficient (Wildman–Crippen LogP) is 2.68. The van der Waals surface area contributed by atoms with Crippen molar-refractivity contribution >= 4 is 23.6 Å². The number of thioether (sulfide) groups is 1. The Labute approximate surface area is 124 Å². The number of nitrogens with one attached hydrogen (secondary N) is 1. The molecule has 0 heterocycles. The summed E-state index contributed by atoms with van der Waals surface area (Å²) in [6.07, 6.45) is 1.54. The van der Waals surface area contributed by atoms with Crippen molar-refractivity contribution in [1.29, 1.82) is 0 Å². The maximum absolute atomic E-state index is 11.8. The van der Waals surface area contributed by atoms with Crippen molar-refractivity contribution in [3.05, 3.63) is 35.9 Å². The van der Waals surface area contributed by atoms with Gasteiger partial charge in [0.2, 0.25) is 5.91 Å². The highest BCUT2D eigenvalue weighted by molar-refractivity contribution is 7.99. The highest BCUT2D eigenvalue weighted by atomic mass is 32.2. The van der Waals surface area contributed by atoms with Crippen LogP contribution >= 0.6 is 11.8 Å². The zero-order chi connectivity index (χ0) is 14.8. The molecule has 0 radical (unpaired) electrons. The lowest BCUT2D eigenvalue weighted by molar-refractivity contribution is -0.137. The van der Waals surface area contributed by atoms with Gasteiger partial charge in [0.25, 0.3) is 0 Å². The maximum atomic E-state index is 11.8. The molecule has 0 aromatic heterocycles. The molecule has 1 rings (SSSR count). The Bertz CT molecular complexity index is 422. The Balaban J connectivity index is 2.29. The Morgan fingerprint density at radius 3 is 2.60 bits per heavy atom. The fourth-order valence-corrected chi connectivity index (χ4v) is 2.69. The van der Waals surface area contributed by atoms with Crippen molar-refractivity contribution in [3.8, 4) is 0 Å². The fourth-order valence-electron chi connectivity index (χ4n) is 1.89. The van der Waals surface area contributed by atoms with Crippen molar-refractivity contribution in [2.24, 2.45) is 0 Å². The molecule has 2 N–H and O–H groups in total. The van der Waals surface area contributed by atoms with Crippen LogP contribution in [0.4, 0.5) is 0 Å². The predicted molar refractivity (Wildman–Crippen MR) is 81.7 cm³/mol. The van der Waals surface area contributed by atoms with Gasteiger partial charge in [-0.05, 0) is 12.0 Å². The maximum Gasteiger partial charge on any atom is 0.305 e. The van der Waals surface area contributed by atoms with Crippen LogP contribution in [0.3, 0.4) is 0 Å². The first-order valence-electron chi connectivity index (χ1n) is 6.74. The van der Waals surface area contributed by atoms with Gasteiger partial charge >= 0.3 is 5.97 Å². The van der Waals surface area contributed by atoms with Gasteiger partial charge in [-0.15, -0.1) is 11.8 Å². The summed E-state index contributed by atoms with van der Waals surface area (Å²) in [7, 11) is 0. The zero-order valence-corrected chi connectivity index (χ0v) is 12.5. The summed E-state index contributed by atoms with van der Waals surface area (Å²) in [4.78, 5) is 22.5. The number of carboxylic acid groups (broad SMARTS) is 1. The van der Waals surface area contributed by atoms with Crippen molar-refractivity contribution in [2.45, 2.75) is 38.0 Å². The van der Waals surface area contributed by atoms with Gasteiger partial charge in [0, 0.05) is 11.8 Å². The van der Waals surface area contributed by atoms with Crippen LogP contribution in [0.15, 0.2) is 30.3 Å². The van der Waals surface area contributed by atoms with Crippen LogP contribution in [-0.4, -0.2) is 28.8 Å². The van der Waals surface area contributed by atoms with E-state index in [2.05, 4.69) is 5.32 Å². The highest BCUT2D eigenvalue weighted by Gasteiger charge is 2.14. The summed E-state index contributed by atoms with van der Waals surface area (Å²) in [5.74, 6) is 0.173. The van der Waals surface area contributed by atoms with E-state index in [0.717, 1.165) is 12.2 Å². The third kappa shape index (κ3) is 7.19. The van der Waals surface area contributed by atoms with E-state index < -0.39 is 5.97 Å². The Kier molecular flexibility index (Phi) is 7.80. The SMILES string of the molecule is CCCC(CC(=O)O)NC(=O)CSCc1ccccc1. The molecule has 1 atom stereocenters. The quantitative estimate of drug-likeness (QED) is 0.735. The normalized spacial score (nSPS) is 11.8. The summed E-state index contributed by atoms with van der Waals surface area (Å²) in [6, 6.07) is 9.69. The first-order valence-corrected chi connectivity index (χ1v) is 7.90. The number of hydrogen-bond donors (Lipinski definition) is 2. The summed E-state index contributed by atoms with van der Waals surface area (Å²) < 4.78 is 0. The van der Waals surface area contributed by atoms with Crippen LogP contribution in [0.1, 0.15) is 31.7 Å². The van der Waals surface area contributed by atoms with Crippen molar-refractivity contribution < 1.29 is 14.7 Å². The lowest BCUT2D eigenvalue weighted by atomic mass is 10.1. The molecule has 0 fully saturated rings. The first kappa shape index (κ1) is 16.6. The molecule has 4 nitrogen and oxygen atoms in total. The molecule has 0 aliphatic rings. The van der Waals surface area contributed by atoms with E-state index in [-0.39, 0.29) is 18.4 Å². The van der Waals surface area contributed by atoms with Crippen LogP contribution in [0.2, 0.25) is 0 Å². The van der Waals surface area contributed by atoms with Gasteiger partial charge in [0.05, 0.1) is 12.2 Å². The van der Waals surface area contributed by atoms with Gasteiger partial charge in [-0.25, -0.2) is 0 Å². The molecular weight excluding hydrogens is 274 g/mol. The van der Waals surface area contributed by atoms with E-state index in [4.69, 9.17) is 5.11 Å². The first-order chi connectivity index (χ1) is 9.61. The van der Waals surface area contributed by atoms with Gasteiger partial charge in [-0.1, -0.05) is 43.7 Å². The number of hydrogen-bond acceptors (Lipinski definition) is 3. The zero-order valence-electron chi connectivity index (χ0n) is 11.7. The lowest BCUT2D eigenvalue weighted by Crippen LogP contribution is -2.37. The lowest BCUT2D eigenvalue weighted by Gasteiger charge is -2.15. The molecule has 1 amide bonds. The molecule has 0 spiro atoms. The van der Waals surface area contributed by atoms with Crippen LogP contribution in [0.5, 0.6) is 0 Å². The second kappa shape index (κ2) is 9.42. The van der Waals surface area contributed by atoms with Gasteiger partial charge < -0.3 is 10.4 Å². The van der Waals surface area contributed by atoms with Crippen molar-refractivity contribution in [3.63, 3.8) is 0 Å². The molecule has 0 saturated carbocycles. The van der Waals surface area contributed by atoms with E-state index in [1.807, 2.05) is 37.3 Å². The monoisotopic (exact) mass is 295 g/mol. The average molecular weight is 295 g/mol. The summed E-state index contributed by atoms with van der Waals surface area (Å²) in [6.45, 7) is 1.98. The number of amides is 1. The third-order valence-corrected chi connectivity index (χ3v) is 3.77. The minimum Gasteiger partial charge on any atom is -0.481 e. The van der Waals surface area contributed by atoms with E-state index in [9.17, 15) is 9.59 Å². The highest BCUT2D eigenvalue weighted by Crippen LogP contribution is 2.11. The number of rotatable bonds is 9. The molecule has 0 saturated heterocycles. The average Bonchev–Trinajstić information content (AvgIpc) is 2.39. The van der Waals surface area contributed by atoms with Gasteiger partial charge in [0.1, 0.15) is 0 Å². The number of carbonyl (C=O) groups excluding carboxylic acids is 1. The minimum atomic E-state index is -0.874. The molecule has 0 aliphatic carbocycles. The Morgan fingerprint density at radius 1 is 1.30 bits per heavy atom. The molecule has 110 valence electrons. The van der Waals surface area contributed by atoms with Crippen LogP contribution in [0.25, 0.3) is 0 Å². The molecule has 0 aliphatic heterocycles. The van der Waals surface area contributed by atoms with Crippen LogP contribution < -0.4 is 5.32 Å². The molecule has 1 unspecified atom stereocenters. The van der Waals surface area contributed by atoms with Crippen molar-refractivity contribution in [1.82, 2.24) is 5.32 Å². The summed E-state index contributed by atoms with van der Waals surface area (Å²) in [5, 5.41) is 11.6.